The van der Waals surface area contributed by atoms with Crippen molar-refractivity contribution in [3.8, 4) is 0 Å². The van der Waals surface area contributed by atoms with Crippen molar-refractivity contribution in [3.63, 3.8) is 0 Å². The Morgan fingerprint density at radius 3 is 2.37 bits per heavy atom. The molecule has 0 unspecified atom stereocenters. The van der Waals surface area contributed by atoms with Crippen LogP contribution in [-0.4, -0.2) is 62.2 Å². The highest BCUT2D eigenvalue weighted by Gasteiger charge is 2.37. The molecule has 2 aliphatic rings. The Morgan fingerprint density at radius 1 is 0.967 bits per heavy atom. The van der Waals surface area contributed by atoms with Gasteiger partial charge in [0.1, 0.15) is 5.69 Å². The number of piperidine rings is 2. The van der Waals surface area contributed by atoms with Crippen LogP contribution in [0.3, 0.4) is 0 Å². The molecule has 2 fully saturated rings. The third-order valence-corrected chi connectivity index (χ3v) is 6.28. The molecule has 8 nitrogen and oxygen atoms in total. The summed E-state index contributed by atoms with van der Waals surface area (Å²) in [6, 6.07) is 0.195. The summed E-state index contributed by atoms with van der Waals surface area (Å²) in [5.74, 6) is 1.13. The maximum Gasteiger partial charge on any atom is 0.291 e. The van der Waals surface area contributed by atoms with Crippen LogP contribution in [0.2, 0.25) is 0 Å². The van der Waals surface area contributed by atoms with Crippen LogP contribution in [-0.2, 0) is 0 Å². The number of likely N-dealkylation sites (tertiary alicyclic amines) is 2. The number of aromatic nitrogens is 3. The molecule has 1 atom stereocenters. The van der Waals surface area contributed by atoms with Gasteiger partial charge in [-0.2, -0.15) is 0 Å². The predicted octanol–water partition coefficient (Wildman–Crippen LogP) is 2.94. The van der Waals surface area contributed by atoms with Crippen LogP contribution in [0.15, 0.2) is 16.8 Å². The fourth-order valence-corrected chi connectivity index (χ4v) is 4.71. The molecular formula is C22H29N5O3. The number of hydrogen-bond acceptors (Lipinski definition) is 6. The molecular weight excluding hydrogens is 382 g/mol. The molecule has 30 heavy (non-hydrogen) atoms. The summed E-state index contributed by atoms with van der Waals surface area (Å²) in [6.45, 7) is 7.52. The predicted molar refractivity (Wildman–Crippen MR) is 110 cm³/mol. The summed E-state index contributed by atoms with van der Waals surface area (Å²) >= 11 is 0. The molecule has 0 bridgehead atoms. The van der Waals surface area contributed by atoms with Crippen molar-refractivity contribution < 1.29 is 14.0 Å². The maximum absolute atomic E-state index is 13.1. The fraction of sp³-hybridized carbons (Fsp3) is 0.591. The molecule has 2 amide bonds. The first-order chi connectivity index (χ1) is 14.4. The molecule has 4 heterocycles. The molecule has 0 aliphatic carbocycles. The number of carbonyl (C=O) groups is 2. The summed E-state index contributed by atoms with van der Waals surface area (Å²) in [5, 5.41) is 0. The highest BCUT2D eigenvalue weighted by atomic mass is 16.4. The Bertz CT molecular complexity index is 915. The summed E-state index contributed by atoms with van der Waals surface area (Å²) in [5.41, 5.74) is 1.86. The first kappa shape index (κ1) is 20.5. The minimum absolute atomic E-state index is 0.0292. The van der Waals surface area contributed by atoms with E-state index in [-0.39, 0.29) is 17.9 Å². The number of nitrogens with zero attached hydrogens (tertiary/aromatic N) is 5. The highest BCUT2D eigenvalue weighted by Crippen LogP contribution is 2.32. The first-order valence-electron chi connectivity index (χ1n) is 10.8. The van der Waals surface area contributed by atoms with Gasteiger partial charge in [-0.3, -0.25) is 14.6 Å². The minimum atomic E-state index is -0.0851. The number of amides is 2. The van der Waals surface area contributed by atoms with Crippen LogP contribution < -0.4 is 0 Å². The molecule has 8 heteroatoms. The molecule has 2 aliphatic heterocycles. The van der Waals surface area contributed by atoms with Gasteiger partial charge in [0, 0.05) is 38.8 Å². The van der Waals surface area contributed by atoms with Gasteiger partial charge in [-0.05, 0) is 51.9 Å². The van der Waals surface area contributed by atoms with Crippen molar-refractivity contribution in [1.82, 2.24) is 24.8 Å². The standard InChI is InChI=1S/C22H29N5O3/c1-14-12-24-18(13-23-14)21(28)27-9-5-4-6-19(27)17-7-10-26(11-8-17)22(29)20-15(2)25-16(3)30-20/h12-13,17,19H,4-11H2,1-3H3/t19-/m1/s1. The molecule has 0 aromatic carbocycles. The second kappa shape index (κ2) is 8.53. The quantitative estimate of drug-likeness (QED) is 0.771. The van der Waals surface area contributed by atoms with Gasteiger partial charge >= 0.3 is 0 Å². The monoisotopic (exact) mass is 411 g/mol. The fourth-order valence-electron chi connectivity index (χ4n) is 4.71. The zero-order valence-electron chi connectivity index (χ0n) is 17.9. The minimum Gasteiger partial charge on any atom is -0.436 e. The Hall–Kier alpha value is -2.77. The van der Waals surface area contributed by atoms with E-state index in [9.17, 15) is 9.59 Å². The lowest BCUT2D eigenvalue weighted by atomic mass is 9.83. The lowest BCUT2D eigenvalue weighted by Crippen LogP contribution is -2.51. The molecule has 160 valence electrons. The van der Waals surface area contributed by atoms with E-state index in [4.69, 9.17) is 4.42 Å². The van der Waals surface area contributed by atoms with Gasteiger partial charge in [-0.1, -0.05) is 0 Å². The molecule has 0 radical (unpaired) electrons. The van der Waals surface area contributed by atoms with Crippen molar-refractivity contribution in [1.29, 1.82) is 0 Å². The van der Waals surface area contributed by atoms with E-state index in [0.29, 0.717) is 42.0 Å². The molecule has 0 spiro atoms. The van der Waals surface area contributed by atoms with Crippen molar-refractivity contribution in [2.45, 2.75) is 58.9 Å². The number of hydrogen-bond donors (Lipinski definition) is 0. The van der Waals surface area contributed by atoms with E-state index in [1.165, 1.54) is 0 Å². The second-order valence-corrected chi connectivity index (χ2v) is 8.38. The van der Waals surface area contributed by atoms with Gasteiger partial charge in [-0.15, -0.1) is 0 Å². The average Bonchev–Trinajstić information content (AvgIpc) is 3.11. The normalized spacial score (nSPS) is 20.4. The summed E-state index contributed by atoms with van der Waals surface area (Å²) < 4.78 is 5.51. The first-order valence-corrected chi connectivity index (χ1v) is 10.8. The number of oxazole rings is 1. The van der Waals surface area contributed by atoms with Gasteiger partial charge in [-0.25, -0.2) is 9.97 Å². The van der Waals surface area contributed by atoms with E-state index in [1.807, 2.05) is 16.7 Å². The van der Waals surface area contributed by atoms with Gasteiger partial charge in [0.05, 0.1) is 17.6 Å². The van der Waals surface area contributed by atoms with Crippen LogP contribution in [0.5, 0.6) is 0 Å². The molecule has 2 aromatic heterocycles. The molecule has 0 saturated carbocycles. The Balaban J connectivity index is 1.42. The largest absolute Gasteiger partial charge is 0.436 e. The van der Waals surface area contributed by atoms with Crippen molar-refractivity contribution in [2.24, 2.45) is 5.92 Å². The Morgan fingerprint density at radius 2 is 1.73 bits per heavy atom. The molecule has 4 rings (SSSR count). The van der Waals surface area contributed by atoms with E-state index in [0.717, 1.165) is 44.3 Å². The highest BCUT2D eigenvalue weighted by molar-refractivity contribution is 5.93. The molecule has 2 saturated heterocycles. The van der Waals surface area contributed by atoms with Gasteiger partial charge in [0.25, 0.3) is 11.8 Å². The van der Waals surface area contributed by atoms with E-state index in [1.54, 1.807) is 26.2 Å². The van der Waals surface area contributed by atoms with E-state index >= 15 is 0 Å². The van der Waals surface area contributed by atoms with Crippen molar-refractivity contribution in [2.75, 3.05) is 19.6 Å². The third kappa shape index (κ3) is 4.08. The summed E-state index contributed by atoms with van der Waals surface area (Å²) in [4.78, 5) is 42.5. The van der Waals surface area contributed by atoms with Crippen LogP contribution in [0, 0.1) is 26.7 Å². The Kier molecular flexibility index (Phi) is 5.83. The number of aryl methyl sites for hydroxylation is 3. The topological polar surface area (TPSA) is 92.4 Å². The lowest BCUT2D eigenvalue weighted by Gasteiger charge is -2.43. The lowest BCUT2D eigenvalue weighted by molar-refractivity contribution is 0.0362. The zero-order valence-corrected chi connectivity index (χ0v) is 17.9. The van der Waals surface area contributed by atoms with Crippen molar-refractivity contribution in [3.05, 3.63) is 41.1 Å². The Labute approximate surface area is 176 Å². The SMILES string of the molecule is Cc1cnc(C(=O)N2CCCC[C@@H]2C2CCN(C(=O)c3oc(C)nc3C)CC2)cn1. The third-order valence-electron chi connectivity index (χ3n) is 6.28. The maximum atomic E-state index is 13.1. The van der Waals surface area contributed by atoms with Crippen LogP contribution >= 0.6 is 0 Å². The summed E-state index contributed by atoms with van der Waals surface area (Å²) in [6.07, 6.45) is 8.13. The smallest absolute Gasteiger partial charge is 0.291 e. The number of rotatable bonds is 3. The van der Waals surface area contributed by atoms with Crippen LogP contribution in [0.1, 0.15) is 70.4 Å². The van der Waals surface area contributed by atoms with Gasteiger partial charge in [0.2, 0.25) is 5.76 Å². The summed E-state index contributed by atoms with van der Waals surface area (Å²) in [7, 11) is 0. The van der Waals surface area contributed by atoms with Gasteiger partial charge < -0.3 is 14.2 Å². The van der Waals surface area contributed by atoms with Crippen LogP contribution in [0.25, 0.3) is 0 Å². The van der Waals surface area contributed by atoms with Crippen LogP contribution in [0.4, 0.5) is 0 Å². The van der Waals surface area contributed by atoms with Gasteiger partial charge in [0.15, 0.2) is 5.89 Å². The molecule has 2 aromatic rings. The van der Waals surface area contributed by atoms with Crippen molar-refractivity contribution >= 4 is 11.8 Å². The zero-order chi connectivity index (χ0) is 21.3. The number of carbonyl (C=O) groups excluding carboxylic acids is 2. The average molecular weight is 412 g/mol. The second-order valence-electron chi connectivity index (χ2n) is 8.38. The van der Waals surface area contributed by atoms with E-state index in [2.05, 4.69) is 15.0 Å². The van der Waals surface area contributed by atoms with E-state index < -0.39 is 0 Å². The molecule has 0 N–H and O–H groups in total.